The van der Waals surface area contributed by atoms with Gasteiger partial charge >= 0.3 is 0 Å². The van der Waals surface area contributed by atoms with Gasteiger partial charge in [0.1, 0.15) is 17.2 Å². The number of carbonyl (C=O) groups is 1. The molecule has 136 valence electrons. The van der Waals surface area contributed by atoms with Crippen molar-refractivity contribution in [3.05, 3.63) is 76.6 Å². The highest BCUT2D eigenvalue weighted by Crippen LogP contribution is 2.29. The predicted molar refractivity (Wildman–Crippen MR) is 111 cm³/mol. The van der Waals surface area contributed by atoms with Crippen LogP contribution in [0.2, 0.25) is 0 Å². The highest BCUT2D eigenvalue weighted by Gasteiger charge is 2.16. The molecule has 0 aliphatic carbocycles. The van der Waals surface area contributed by atoms with Crippen LogP contribution in [0.1, 0.15) is 23.3 Å². The minimum atomic E-state index is 0.0204. The third-order valence-corrected chi connectivity index (χ3v) is 5.41. The standard InChI is InChI=1S/C22H21N3OS/c1-16-12-13-19-23-21(17-7-3-2-4-8-17)22(25(19)15-16)24-20(26)11-5-9-18-10-6-14-27-18/h2-4,6-8,10,12-15H,5,9,11H2,1H3,(H,24,26). The van der Waals surface area contributed by atoms with Gasteiger partial charge in [-0.05, 0) is 42.8 Å². The average molecular weight is 375 g/mol. The summed E-state index contributed by atoms with van der Waals surface area (Å²) in [5.74, 6) is 0.757. The monoisotopic (exact) mass is 375 g/mol. The first-order valence-electron chi connectivity index (χ1n) is 9.07. The summed E-state index contributed by atoms with van der Waals surface area (Å²) in [6.07, 6.45) is 4.27. The number of thiophene rings is 1. The van der Waals surface area contributed by atoms with E-state index in [2.05, 4.69) is 16.8 Å². The normalized spacial score (nSPS) is 11.0. The van der Waals surface area contributed by atoms with E-state index in [1.165, 1.54) is 4.88 Å². The van der Waals surface area contributed by atoms with E-state index >= 15 is 0 Å². The Labute approximate surface area is 162 Å². The van der Waals surface area contributed by atoms with Crippen molar-refractivity contribution in [1.29, 1.82) is 0 Å². The van der Waals surface area contributed by atoms with E-state index in [9.17, 15) is 4.79 Å². The lowest BCUT2D eigenvalue weighted by Crippen LogP contribution is -2.13. The molecule has 0 aliphatic heterocycles. The minimum absolute atomic E-state index is 0.0204. The Morgan fingerprint density at radius 3 is 2.74 bits per heavy atom. The molecule has 0 spiro atoms. The minimum Gasteiger partial charge on any atom is -0.310 e. The SMILES string of the molecule is Cc1ccc2nc(-c3ccccc3)c(NC(=O)CCCc3cccs3)n2c1. The highest BCUT2D eigenvalue weighted by molar-refractivity contribution is 7.09. The second-order valence-corrected chi connectivity index (χ2v) is 7.62. The van der Waals surface area contributed by atoms with Gasteiger partial charge in [0.15, 0.2) is 0 Å². The molecular weight excluding hydrogens is 354 g/mol. The number of nitrogens with zero attached hydrogens (tertiary/aromatic N) is 2. The van der Waals surface area contributed by atoms with Crippen molar-refractivity contribution >= 4 is 28.7 Å². The number of hydrogen-bond acceptors (Lipinski definition) is 3. The Bertz CT molecular complexity index is 1050. The second kappa shape index (κ2) is 7.76. The van der Waals surface area contributed by atoms with Crippen LogP contribution in [0.5, 0.6) is 0 Å². The number of nitrogens with one attached hydrogen (secondary N) is 1. The summed E-state index contributed by atoms with van der Waals surface area (Å²) in [6, 6.07) is 18.1. The van der Waals surface area contributed by atoms with E-state index in [0.717, 1.165) is 41.1 Å². The zero-order valence-electron chi connectivity index (χ0n) is 15.2. The van der Waals surface area contributed by atoms with Crippen LogP contribution in [-0.2, 0) is 11.2 Å². The van der Waals surface area contributed by atoms with E-state index in [4.69, 9.17) is 4.98 Å². The molecule has 3 aromatic heterocycles. The maximum absolute atomic E-state index is 12.6. The highest BCUT2D eigenvalue weighted by atomic mass is 32.1. The van der Waals surface area contributed by atoms with Crippen LogP contribution in [0.3, 0.4) is 0 Å². The number of aryl methyl sites for hydroxylation is 2. The third kappa shape index (κ3) is 3.93. The van der Waals surface area contributed by atoms with Crippen molar-refractivity contribution in [1.82, 2.24) is 9.38 Å². The Morgan fingerprint density at radius 2 is 1.96 bits per heavy atom. The van der Waals surface area contributed by atoms with Gasteiger partial charge in [0.05, 0.1) is 0 Å². The number of pyridine rings is 1. The van der Waals surface area contributed by atoms with Crippen LogP contribution in [0.15, 0.2) is 66.2 Å². The molecular formula is C22H21N3OS. The van der Waals surface area contributed by atoms with Gasteiger partial charge in [0.25, 0.3) is 0 Å². The molecule has 3 heterocycles. The average Bonchev–Trinajstić information content (AvgIpc) is 3.31. The van der Waals surface area contributed by atoms with Crippen molar-refractivity contribution in [2.24, 2.45) is 0 Å². The molecule has 4 nitrogen and oxygen atoms in total. The number of aromatic nitrogens is 2. The molecule has 4 rings (SSSR count). The topological polar surface area (TPSA) is 46.4 Å². The first kappa shape index (κ1) is 17.5. The van der Waals surface area contributed by atoms with Crippen LogP contribution in [0, 0.1) is 6.92 Å². The van der Waals surface area contributed by atoms with Crippen LogP contribution < -0.4 is 5.32 Å². The predicted octanol–water partition coefficient (Wildman–Crippen LogP) is 5.33. The zero-order chi connectivity index (χ0) is 18.6. The first-order chi connectivity index (χ1) is 13.2. The number of rotatable bonds is 6. The summed E-state index contributed by atoms with van der Waals surface area (Å²) in [5, 5.41) is 5.18. The summed E-state index contributed by atoms with van der Waals surface area (Å²) in [7, 11) is 0. The molecule has 0 aliphatic rings. The van der Waals surface area contributed by atoms with Gasteiger partial charge < -0.3 is 5.32 Å². The van der Waals surface area contributed by atoms with Crippen molar-refractivity contribution in [2.75, 3.05) is 5.32 Å². The summed E-state index contributed by atoms with van der Waals surface area (Å²) in [6.45, 7) is 2.04. The molecule has 4 aromatic rings. The number of anilines is 1. The van der Waals surface area contributed by atoms with E-state index in [-0.39, 0.29) is 5.91 Å². The van der Waals surface area contributed by atoms with Crippen LogP contribution in [-0.4, -0.2) is 15.3 Å². The Kier molecular flexibility index (Phi) is 5.03. The number of hydrogen-bond donors (Lipinski definition) is 1. The molecule has 1 N–H and O–H groups in total. The first-order valence-corrected chi connectivity index (χ1v) is 9.95. The fourth-order valence-corrected chi connectivity index (χ4v) is 3.89. The number of imidazole rings is 1. The van der Waals surface area contributed by atoms with Crippen LogP contribution in [0.25, 0.3) is 16.9 Å². The fraction of sp³-hybridized carbons (Fsp3) is 0.182. The molecule has 1 amide bonds. The van der Waals surface area contributed by atoms with Gasteiger partial charge in [-0.15, -0.1) is 11.3 Å². The maximum atomic E-state index is 12.6. The molecule has 1 aromatic carbocycles. The lowest BCUT2D eigenvalue weighted by Gasteiger charge is -2.08. The summed E-state index contributed by atoms with van der Waals surface area (Å²) >= 11 is 1.74. The fourth-order valence-electron chi connectivity index (χ4n) is 3.14. The van der Waals surface area contributed by atoms with E-state index in [0.29, 0.717) is 6.42 Å². The third-order valence-electron chi connectivity index (χ3n) is 4.48. The maximum Gasteiger partial charge on any atom is 0.225 e. The molecule has 0 bridgehead atoms. The molecule has 0 unspecified atom stereocenters. The molecule has 5 heteroatoms. The van der Waals surface area contributed by atoms with Crippen molar-refractivity contribution < 1.29 is 4.79 Å². The zero-order valence-corrected chi connectivity index (χ0v) is 16.0. The lowest BCUT2D eigenvalue weighted by atomic mass is 10.1. The summed E-state index contributed by atoms with van der Waals surface area (Å²) in [5.41, 5.74) is 3.74. The van der Waals surface area contributed by atoms with Gasteiger partial charge in [-0.2, -0.15) is 0 Å². The van der Waals surface area contributed by atoms with Crippen LogP contribution in [0.4, 0.5) is 5.82 Å². The molecule has 0 fully saturated rings. The molecule has 27 heavy (non-hydrogen) atoms. The van der Waals surface area contributed by atoms with E-state index in [1.807, 2.05) is 66.1 Å². The number of carbonyl (C=O) groups excluding carboxylic acids is 1. The van der Waals surface area contributed by atoms with Crippen molar-refractivity contribution in [3.8, 4) is 11.3 Å². The van der Waals surface area contributed by atoms with Gasteiger partial charge in [-0.3, -0.25) is 9.20 Å². The Hall–Kier alpha value is -2.92. The van der Waals surface area contributed by atoms with Gasteiger partial charge in [0, 0.05) is 23.1 Å². The summed E-state index contributed by atoms with van der Waals surface area (Å²) in [4.78, 5) is 18.7. The Morgan fingerprint density at radius 1 is 1.11 bits per heavy atom. The second-order valence-electron chi connectivity index (χ2n) is 6.59. The van der Waals surface area contributed by atoms with E-state index in [1.54, 1.807) is 11.3 Å². The van der Waals surface area contributed by atoms with Crippen molar-refractivity contribution in [2.45, 2.75) is 26.2 Å². The van der Waals surface area contributed by atoms with Gasteiger partial charge in [-0.25, -0.2) is 4.98 Å². The molecule has 0 atom stereocenters. The Balaban J connectivity index is 1.59. The number of fused-ring (bicyclic) bond motifs is 1. The number of amides is 1. The van der Waals surface area contributed by atoms with Crippen molar-refractivity contribution in [3.63, 3.8) is 0 Å². The van der Waals surface area contributed by atoms with Gasteiger partial charge in [-0.1, -0.05) is 42.5 Å². The largest absolute Gasteiger partial charge is 0.310 e. The molecule has 0 saturated heterocycles. The summed E-state index contributed by atoms with van der Waals surface area (Å²) < 4.78 is 1.97. The van der Waals surface area contributed by atoms with Gasteiger partial charge in [0.2, 0.25) is 5.91 Å². The van der Waals surface area contributed by atoms with E-state index < -0.39 is 0 Å². The molecule has 0 radical (unpaired) electrons. The lowest BCUT2D eigenvalue weighted by molar-refractivity contribution is -0.116. The quantitative estimate of drug-likeness (QED) is 0.495. The van der Waals surface area contributed by atoms with Crippen LogP contribution >= 0.6 is 11.3 Å². The smallest absolute Gasteiger partial charge is 0.225 e. The molecule has 0 saturated carbocycles. The number of benzene rings is 1.